The van der Waals surface area contributed by atoms with Crippen LogP contribution in [0.15, 0.2) is 48.8 Å². The fourth-order valence-electron chi connectivity index (χ4n) is 0.818. The summed E-state index contributed by atoms with van der Waals surface area (Å²) in [5.41, 5.74) is 0.358. The Morgan fingerprint density at radius 2 is 1.75 bits per heavy atom. The largest absolute Gasteiger partial charge is 0.208 e. The minimum atomic E-state index is -0.781. The summed E-state index contributed by atoms with van der Waals surface area (Å²) >= 11 is 0. The second-order valence-electron chi connectivity index (χ2n) is 2.31. The third-order valence-corrected chi connectivity index (χ3v) is 1.33. The van der Waals surface area contributed by atoms with Gasteiger partial charge in [0.05, 0.1) is 0 Å². The Labute approximate surface area is 69.8 Å². The van der Waals surface area contributed by atoms with Crippen molar-refractivity contribution in [2.45, 2.75) is 0 Å². The van der Waals surface area contributed by atoms with Crippen molar-refractivity contribution in [2.75, 3.05) is 0 Å². The Balaban J connectivity index is 2.93. The molecule has 0 aliphatic heterocycles. The molecule has 0 heterocycles. The standard InChI is InChI=1S/C10H8F2/c1-8(11)7-10(12)9-5-3-2-4-6-9/h2-7H,1H2. The van der Waals surface area contributed by atoms with Gasteiger partial charge in [0.1, 0.15) is 11.7 Å². The lowest BCUT2D eigenvalue weighted by Crippen LogP contribution is -1.75. The topological polar surface area (TPSA) is 0 Å². The third kappa shape index (κ3) is 2.31. The van der Waals surface area contributed by atoms with E-state index in [1.54, 1.807) is 30.3 Å². The van der Waals surface area contributed by atoms with E-state index >= 15 is 0 Å². The molecule has 0 atom stereocenters. The second kappa shape index (κ2) is 3.81. The Morgan fingerprint density at radius 3 is 2.25 bits per heavy atom. The Morgan fingerprint density at radius 1 is 1.17 bits per heavy atom. The Bertz CT molecular complexity index is 299. The van der Waals surface area contributed by atoms with Crippen molar-refractivity contribution in [1.82, 2.24) is 0 Å². The highest BCUT2D eigenvalue weighted by molar-refractivity contribution is 5.60. The number of benzene rings is 1. The summed E-state index contributed by atoms with van der Waals surface area (Å²) in [4.78, 5) is 0. The fourth-order valence-corrected chi connectivity index (χ4v) is 0.818. The van der Waals surface area contributed by atoms with Gasteiger partial charge in [-0.3, -0.25) is 0 Å². The molecular weight excluding hydrogens is 158 g/mol. The Hall–Kier alpha value is -1.44. The van der Waals surface area contributed by atoms with Gasteiger partial charge in [0.2, 0.25) is 0 Å². The van der Waals surface area contributed by atoms with E-state index in [1.807, 2.05) is 0 Å². The molecule has 0 saturated carbocycles. The molecule has 1 aromatic rings. The van der Waals surface area contributed by atoms with Gasteiger partial charge in [-0.1, -0.05) is 36.9 Å². The highest BCUT2D eigenvalue weighted by Gasteiger charge is 1.98. The normalized spacial score (nSPS) is 11.3. The van der Waals surface area contributed by atoms with E-state index in [9.17, 15) is 8.78 Å². The molecule has 0 aliphatic carbocycles. The zero-order valence-electron chi connectivity index (χ0n) is 6.43. The van der Waals surface area contributed by atoms with Crippen molar-refractivity contribution >= 4 is 5.83 Å². The van der Waals surface area contributed by atoms with Gasteiger partial charge >= 0.3 is 0 Å². The van der Waals surface area contributed by atoms with Crippen molar-refractivity contribution in [3.63, 3.8) is 0 Å². The van der Waals surface area contributed by atoms with E-state index < -0.39 is 11.7 Å². The first-order valence-corrected chi connectivity index (χ1v) is 3.47. The van der Waals surface area contributed by atoms with Crippen molar-refractivity contribution in [3.8, 4) is 0 Å². The molecule has 0 unspecified atom stereocenters. The Kier molecular flexibility index (Phi) is 2.75. The first-order chi connectivity index (χ1) is 5.70. The van der Waals surface area contributed by atoms with Crippen LogP contribution >= 0.6 is 0 Å². The van der Waals surface area contributed by atoms with Crippen molar-refractivity contribution in [3.05, 3.63) is 54.4 Å². The quantitative estimate of drug-likeness (QED) is 0.590. The first-order valence-electron chi connectivity index (χ1n) is 3.47. The van der Waals surface area contributed by atoms with E-state index in [0.29, 0.717) is 5.56 Å². The molecule has 1 rings (SSSR count). The molecule has 0 fully saturated rings. The molecule has 0 aliphatic rings. The lowest BCUT2D eigenvalue weighted by molar-refractivity contribution is 0.663. The smallest absolute Gasteiger partial charge is 0.133 e. The fraction of sp³-hybridized carbons (Fsp3) is 0. The summed E-state index contributed by atoms with van der Waals surface area (Å²) < 4.78 is 25.1. The van der Waals surface area contributed by atoms with Gasteiger partial charge in [-0.15, -0.1) is 0 Å². The van der Waals surface area contributed by atoms with E-state index in [1.165, 1.54) is 0 Å². The zero-order chi connectivity index (χ0) is 8.97. The summed E-state index contributed by atoms with van der Waals surface area (Å²) in [6.45, 7) is 2.94. The lowest BCUT2D eigenvalue weighted by Gasteiger charge is -1.94. The lowest BCUT2D eigenvalue weighted by atomic mass is 10.2. The highest BCUT2D eigenvalue weighted by atomic mass is 19.1. The molecule has 1 aromatic carbocycles. The number of allylic oxidation sites excluding steroid dienone is 2. The van der Waals surface area contributed by atoms with Gasteiger partial charge in [0, 0.05) is 11.6 Å². The molecule has 0 amide bonds. The van der Waals surface area contributed by atoms with Crippen LogP contribution in [-0.4, -0.2) is 0 Å². The van der Waals surface area contributed by atoms with E-state index in [4.69, 9.17) is 0 Å². The summed E-state index contributed by atoms with van der Waals surface area (Å²) in [5.74, 6) is -1.39. The monoisotopic (exact) mass is 166 g/mol. The van der Waals surface area contributed by atoms with E-state index in [2.05, 4.69) is 6.58 Å². The number of halogens is 2. The summed E-state index contributed by atoms with van der Waals surface area (Å²) in [5, 5.41) is 0. The average molecular weight is 166 g/mol. The van der Waals surface area contributed by atoms with Crippen LogP contribution in [0.5, 0.6) is 0 Å². The van der Waals surface area contributed by atoms with Crippen molar-refractivity contribution in [2.24, 2.45) is 0 Å². The molecule has 0 saturated heterocycles. The number of hydrogen-bond donors (Lipinski definition) is 0. The third-order valence-electron chi connectivity index (χ3n) is 1.33. The van der Waals surface area contributed by atoms with Crippen LogP contribution in [0.1, 0.15) is 5.56 Å². The van der Waals surface area contributed by atoms with E-state index in [-0.39, 0.29) is 0 Å². The molecule has 0 N–H and O–H groups in total. The highest BCUT2D eigenvalue weighted by Crippen LogP contribution is 2.16. The summed E-state index contributed by atoms with van der Waals surface area (Å²) in [6.07, 6.45) is 0.759. The SMILES string of the molecule is C=C(F)C=C(F)c1ccccc1. The van der Waals surface area contributed by atoms with Crippen LogP contribution in [0.25, 0.3) is 5.83 Å². The van der Waals surface area contributed by atoms with E-state index in [0.717, 1.165) is 6.08 Å². The van der Waals surface area contributed by atoms with Crippen LogP contribution < -0.4 is 0 Å². The average Bonchev–Trinajstić information content (AvgIpc) is 2.05. The van der Waals surface area contributed by atoms with Crippen LogP contribution in [-0.2, 0) is 0 Å². The number of hydrogen-bond acceptors (Lipinski definition) is 0. The molecule has 0 nitrogen and oxygen atoms in total. The molecule has 2 heteroatoms. The van der Waals surface area contributed by atoms with Crippen LogP contribution in [0, 0.1) is 0 Å². The van der Waals surface area contributed by atoms with Gasteiger partial charge in [-0.25, -0.2) is 8.78 Å². The van der Waals surface area contributed by atoms with Crippen LogP contribution in [0.2, 0.25) is 0 Å². The van der Waals surface area contributed by atoms with Crippen molar-refractivity contribution in [1.29, 1.82) is 0 Å². The maximum Gasteiger partial charge on any atom is 0.133 e. The molecular formula is C10H8F2. The molecule has 12 heavy (non-hydrogen) atoms. The van der Waals surface area contributed by atoms with Crippen LogP contribution in [0.4, 0.5) is 8.78 Å². The minimum absolute atomic E-state index is 0.358. The minimum Gasteiger partial charge on any atom is -0.208 e. The molecule has 0 radical (unpaired) electrons. The van der Waals surface area contributed by atoms with Gasteiger partial charge in [-0.2, -0.15) is 0 Å². The van der Waals surface area contributed by atoms with Gasteiger partial charge in [-0.05, 0) is 0 Å². The maximum absolute atomic E-state index is 12.9. The van der Waals surface area contributed by atoms with Crippen LogP contribution in [0.3, 0.4) is 0 Å². The first kappa shape index (κ1) is 8.65. The van der Waals surface area contributed by atoms with Crippen molar-refractivity contribution < 1.29 is 8.78 Å². The predicted molar refractivity (Wildman–Crippen MR) is 45.8 cm³/mol. The summed E-state index contributed by atoms with van der Waals surface area (Å²) in [7, 11) is 0. The molecule has 0 bridgehead atoms. The maximum atomic E-state index is 12.9. The van der Waals surface area contributed by atoms with Gasteiger partial charge < -0.3 is 0 Å². The molecule has 0 aromatic heterocycles. The van der Waals surface area contributed by atoms with Gasteiger partial charge in [0.25, 0.3) is 0 Å². The zero-order valence-corrected chi connectivity index (χ0v) is 6.43. The van der Waals surface area contributed by atoms with Gasteiger partial charge in [0.15, 0.2) is 0 Å². The predicted octanol–water partition coefficient (Wildman–Crippen LogP) is 3.48. The second-order valence-corrected chi connectivity index (χ2v) is 2.31. The molecule has 62 valence electrons. The number of rotatable bonds is 2. The molecule has 0 spiro atoms. The summed E-state index contributed by atoms with van der Waals surface area (Å²) in [6, 6.07) is 8.26.